The van der Waals surface area contributed by atoms with Gasteiger partial charge in [0.1, 0.15) is 0 Å². The highest BCUT2D eigenvalue weighted by Crippen LogP contribution is 2.41. The van der Waals surface area contributed by atoms with Crippen LogP contribution in [-0.4, -0.2) is 47.5 Å². The lowest BCUT2D eigenvalue weighted by atomic mass is 9.70. The van der Waals surface area contributed by atoms with Crippen molar-refractivity contribution in [3.63, 3.8) is 0 Å². The lowest BCUT2D eigenvalue weighted by molar-refractivity contribution is -0.380. The quantitative estimate of drug-likeness (QED) is 0.0708. The van der Waals surface area contributed by atoms with Gasteiger partial charge in [-0.25, -0.2) is 0 Å². The molecule has 0 spiro atoms. The molecule has 0 aliphatic heterocycles. The molecule has 0 aromatic rings. The standard InChI is InChI=1S/C34H64O5S2/c1-6-32(35)40-26-23-30-22-21-29(28-31(30)24-27-41-33(36)7-2)20-18-16-14-12-11-13-15-17-19-25-34(37-8-3,38-9-4)39-10-5/h29-31H,6-28H2,1-5H3. The van der Waals surface area contributed by atoms with E-state index in [1.165, 1.54) is 101 Å². The summed E-state index contributed by atoms with van der Waals surface area (Å²) in [6.07, 6.45) is 21.4. The zero-order valence-corrected chi connectivity index (χ0v) is 29.0. The fourth-order valence-corrected chi connectivity index (χ4v) is 7.99. The summed E-state index contributed by atoms with van der Waals surface area (Å²) in [7, 11) is 0. The molecule has 0 amide bonds. The average molecular weight is 617 g/mol. The van der Waals surface area contributed by atoms with Crippen LogP contribution in [0.1, 0.15) is 150 Å². The second kappa shape index (κ2) is 25.3. The molecule has 0 aromatic carbocycles. The number of hydrogen-bond acceptors (Lipinski definition) is 7. The summed E-state index contributed by atoms with van der Waals surface area (Å²) >= 11 is 3.06. The maximum absolute atomic E-state index is 11.8. The summed E-state index contributed by atoms with van der Waals surface area (Å²) in [5.74, 6) is 3.39. The van der Waals surface area contributed by atoms with Gasteiger partial charge in [-0.1, -0.05) is 102 Å². The van der Waals surface area contributed by atoms with Crippen LogP contribution < -0.4 is 0 Å². The highest BCUT2D eigenvalue weighted by Gasteiger charge is 2.32. The molecule has 1 fully saturated rings. The van der Waals surface area contributed by atoms with Crippen molar-refractivity contribution < 1.29 is 23.8 Å². The van der Waals surface area contributed by atoms with Crippen molar-refractivity contribution in [2.75, 3.05) is 31.3 Å². The van der Waals surface area contributed by atoms with Gasteiger partial charge in [0, 0.05) is 50.6 Å². The minimum Gasteiger partial charge on any atom is -0.328 e. The Kier molecular flexibility index (Phi) is 24.0. The first-order valence-corrected chi connectivity index (χ1v) is 19.1. The van der Waals surface area contributed by atoms with Gasteiger partial charge in [-0.2, -0.15) is 0 Å². The molecule has 1 aliphatic rings. The normalized spacial score (nSPS) is 19.5. The predicted molar refractivity (Wildman–Crippen MR) is 177 cm³/mol. The van der Waals surface area contributed by atoms with Gasteiger partial charge in [0.25, 0.3) is 5.97 Å². The van der Waals surface area contributed by atoms with Crippen LogP contribution in [0.3, 0.4) is 0 Å². The number of rotatable bonds is 26. The first-order valence-electron chi connectivity index (χ1n) is 17.2. The van der Waals surface area contributed by atoms with Crippen molar-refractivity contribution in [1.82, 2.24) is 0 Å². The molecule has 0 N–H and O–H groups in total. The zero-order chi connectivity index (χ0) is 30.2. The SMILES string of the molecule is CCOC(CCCCCCCCCCCC1CCC(CCSC(=O)CC)C(CCSC(=O)CC)C1)(OCC)OCC. The molecule has 0 saturated heterocycles. The van der Waals surface area contributed by atoms with Gasteiger partial charge < -0.3 is 14.2 Å². The smallest absolute Gasteiger partial charge is 0.282 e. The molecular weight excluding hydrogens is 553 g/mol. The van der Waals surface area contributed by atoms with Crippen molar-refractivity contribution in [1.29, 1.82) is 0 Å². The summed E-state index contributed by atoms with van der Waals surface area (Å²) in [6, 6.07) is 0. The summed E-state index contributed by atoms with van der Waals surface area (Å²) in [5.41, 5.74) is 0. The van der Waals surface area contributed by atoms with Crippen LogP contribution in [0.15, 0.2) is 0 Å². The van der Waals surface area contributed by atoms with Gasteiger partial charge in [0.15, 0.2) is 10.2 Å². The summed E-state index contributed by atoms with van der Waals surface area (Å²) in [6.45, 7) is 11.7. The highest BCUT2D eigenvalue weighted by atomic mass is 32.2. The second-order valence-electron chi connectivity index (χ2n) is 11.6. The average Bonchev–Trinajstić information content (AvgIpc) is 2.97. The first kappa shape index (κ1) is 38.9. The van der Waals surface area contributed by atoms with Gasteiger partial charge in [-0.15, -0.1) is 0 Å². The first-order chi connectivity index (χ1) is 19.9. The van der Waals surface area contributed by atoms with Crippen LogP contribution in [0.4, 0.5) is 0 Å². The van der Waals surface area contributed by atoms with Gasteiger partial charge >= 0.3 is 0 Å². The summed E-state index contributed by atoms with van der Waals surface area (Å²) < 4.78 is 17.5. The molecule has 3 atom stereocenters. The van der Waals surface area contributed by atoms with Crippen LogP contribution in [0, 0.1) is 17.8 Å². The molecular formula is C34H64O5S2. The molecule has 0 heterocycles. The van der Waals surface area contributed by atoms with Crippen molar-refractivity contribution in [3.8, 4) is 0 Å². The number of thioether (sulfide) groups is 2. The molecule has 41 heavy (non-hydrogen) atoms. The van der Waals surface area contributed by atoms with E-state index in [4.69, 9.17) is 14.2 Å². The Morgan fingerprint density at radius 3 is 1.56 bits per heavy atom. The van der Waals surface area contributed by atoms with E-state index in [-0.39, 0.29) is 0 Å². The Bertz CT molecular complexity index is 642. The van der Waals surface area contributed by atoms with Crippen LogP contribution in [0.2, 0.25) is 0 Å². The summed E-state index contributed by atoms with van der Waals surface area (Å²) in [4.78, 5) is 23.5. The second-order valence-corrected chi connectivity index (χ2v) is 13.9. The van der Waals surface area contributed by atoms with Crippen LogP contribution in [0.25, 0.3) is 0 Å². The van der Waals surface area contributed by atoms with Crippen LogP contribution >= 0.6 is 23.5 Å². The van der Waals surface area contributed by atoms with Gasteiger partial charge in [0.2, 0.25) is 0 Å². The van der Waals surface area contributed by atoms with Crippen molar-refractivity contribution in [2.24, 2.45) is 17.8 Å². The Balaban J connectivity index is 2.22. The lowest BCUT2D eigenvalue weighted by Gasteiger charge is -2.36. The third kappa shape index (κ3) is 18.4. The number of hydrogen-bond donors (Lipinski definition) is 0. The van der Waals surface area contributed by atoms with E-state index in [0.29, 0.717) is 42.9 Å². The van der Waals surface area contributed by atoms with E-state index in [2.05, 4.69) is 0 Å². The van der Waals surface area contributed by atoms with E-state index in [0.717, 1.165) is 54.9 Å². The van der Waals surface area contributed by atoms with E-state index in [1.807, 2.05) is 34.6 Å². The molecule has 5 nitrogen and oxygen atoms in total. The molecule has 0 aromatic heterocycles. The fourth-order valence-electron chi connectivity index (χ4n) is 6.29. The highest BCUT2D eigenvalue weighted by molar-refractivity contribution is 8.13. The van der Waals surface area contributed by atoms with E-state index in [9.17, 15) is 9.59 Å². The Morgan fingerprint density at radius 1 is 0.610 bits per heavy atom. The maximum atomic E-state index is 11.8. The van der Waals surface area contributed by atoms with Gasteiger partial charge in [0.05, 0.1) is 0 Å². The van der Waals surface area contributed by atoms with Crippen LogP contribution in [0.5, 0.6) is 0 Å². The molecule has 1 aliphatic carbocycles. The van der Waals surface area contributed by atoms with E-state index >= 15 is 0 Å². The fraction of sp³-hybridized carbons (Fsp3) is 0.941. The topological polar surface area (TPSA) is 61.8 Å². The molecule has 1 saturated carbocycles. The van der Waals surface area contributed by atoms with E-state index in [1.54, 1.807) is 0 Å². The Labute approximate surface area is 262 Å². The largest absolute Gasteiger partial charge is 0.328 e. The van der Waals surface area contributed by atoms with Gasteiger partial charge in [-0.05, 0) is 70.6 Å². The molecule has 0 bridgehead atoms. The Hall–Kier alpha value is -0.0800. The molecule has 7 heteroatoms. The number of carbonyl (C=O) groups excluding carboxylic acids is 2. The maximum Gasteiger partial charge on any atom is 0.282 e. The van der Waals surface area contributed by atoms with Gasteiger partial charge in [-0.3, -0.25) is 9.59 Å². The Morgan fingerprint density at radius 2 is 1.07 bits per heavy atom. The number of unbranched alkanes of at least 4 members (excludes halogenated alkanes) is 8. The summed E-state index contributed by atoms with van der Waals surface area (Å²) in [5, 5.41) is 0.646. The minimum atomic E-state index is -0.848. The molecule has 242 valence electrons. The predicted octanol–water partition coefficient (Wildman–Crippen LogP) is 10.2. The van der Waals surface area contributed by atoms with Crippen molar-refractivity contribution in [3.05, 3.63) is 0 Å². The van der Waals surface area contributed by atoms with E-state index < -0.39 is 5.97 Å². The van der Waals surface area contributed by atoms with Crippen molar-refractivity contribution in [2.45, 2.75) is 156 Å². The monoisotopic (exact) mass is 616 g/mol. The third-order valence-corrected chi connectivity index (χ3v) is 10.6. The lowest BCUT2D eigenvalue weighted by Crippen LogP contribution is -2.39. The zero-order valence-electron chi connectivity index (χ0n) is 27.4. The number of carbonyl (C=O) groups is 2. The van der Waals surface area contributed by atoms with Crippen molar-refractivity contribution >= 4 is 33.8 Å². The molecule has 0 radical (unpaired) electrons. The number of ether oxygens (including phenoxy) is 3. The third-order valence-electron chi connectivity index (χ3n) is 8.52. The van der Waals surface area contributed by atoms with Crippen LogP contribution in [-0.2, 0) is 23.8 Å². The minimum absolute atomic E-state index is 0.322. The molecule has 1 rings (SSSR count). The molecule has 3 unspecified atom stereocenters.